The van der Waals surface area contributed by atoms with Crippen LogP contribution >= 0.6 is 0 Å². The zero-order valence-electron chi connectivity index (χ0n) is 10.9. The summed E-state index contributed by atoms with van der Waals surface area (Å²) < 4.78 is 30.3. The van der Waals surface area contributed by atoms with Gasteiger partial charge in [-0.1, -0.05) is 19.9 Å². The molecule has 0 bridgehead atoms. The van der Waals surface area contributed by atoms with E-state index in [1.165, 1.54) is 0 Å². The molecule has 3 heteroatoms. The lowest BCUT2D eigenvalue weighted by Gasteiger charge is -2.30. The predicted octanol–water partition coefficient (Wildman–Crippen LogP) is 4.43. The standard InChI is InChI=1S/C13H24F2O/c1-5-13(6-2,11-16-4)10-8-7-9-12(3,14)15/h7,9H,5-6,8,10-11H2,1-4H3. The average molecular weight is 234 g/mol. The molecular weight excluding hydrogens is 210 g/mol. The molecule has 0 fully saturated rings. The number of alkyl halides is 2. The number of halogens is 2. The largest absolute Gasteiger partial charge is 0.384 e. The van der Waals surface area contributed by atoms with Crippen LogP contribution < -0.4 is 0 Å². The van der Waals surface area contributed by atoms with Gasteiger partial charge in [0, 0.05) is 14.0 Å². The molecule has 16 heavy (non-hydrogen) atoms. The van der Waals surface area contributed by atoms with E-state index in [0.29, 0.717) is 13.0 Å². The number of rotatable bonds is 8. The highest BCUT2D eigenvalue weighted by atomic mass is 19.3. The molecule has 0 rings (SSSR count). The third kappa shape index (κ3) is 6.21. The van der Waals surface area contributed by atoms with Crippen molar-refractivity contribution in [3.8, 4) is 0 Å². The summed E-state index contributed by atoms with van der Waals surface area (Å²) in [5.41, 5.74) is 0.141. The van der Waals surface area contributed by atoms with Crippen molar-refractivity contribution >= 4 is 0 Å². The maximum atomic E-state index is 12.5. The number of hydrogen-bond donors (Lipinski definition) is 0. The van der Waals surface area contributed by atoms with Gasteiger partial charge >= 0.3 is 0 Å². The minimum Gasteiger partial charge on any atom is -0.384 e. The molecule has 1 nitrogen and oxygen atoms in total. The van der Waals surface area contributed by atoms with Crippen LogP contribution in [0.2, 0.25) is 0 Å². The Hall–Kier alpha value is -0.440. The van der Waals surface area contributed by atoms with Crippen LogP contribution in [0.15, 0.2) is 12.2 Å². The summed E-state index contributed by atoms with van der Waals surface area (Å²) in [6.45, 7) is 5.86. The van der Waals surface area contributed by atoms with E-state index >= 15 is 0 Å². The van der Waals surface area contributed by atoms with E-state index in [1.807, 2.05) is 0 Å². The quantitative estimate of drug-likeness (QED) is 0.564. The molecule has 96 valence electrons. The van der Waals surface area contributed by atoms with Gasteiger partial charge < -0.3 is 4.74 Å². The maximum Gasteiger partial charge on any atom is 0.263 e. The molecule has 0 N–H and O–H groups in total. The molecule has 0 aromatic heterocycles. The monoisotopic (exact) mass is 234 g/mol. The van der Waals surface area contributed by atoms with E-state index in [1.54, 1.807) is 13.2 Å². The van der Waals surface area contributed by atoms with Crippen molar-refractivity contribution < 1.29 is 13.5 Å². The van der Waals surface area contributed by atoms with Gasteiger partial charge in [-0.15, -0.1) is 0 Å². The fraction of sp³-hybridized carbons (Fsp3) is 0.846. The summed E-state index contributed by atoms with van der Waals surface area (Å²) in [5, 5.41) is 0. The summed E-state index contributed by atoms with van der Waals surface area (Å²) in [5.74, 6) is -2.69. The third-order valence-electron chi connectivity index (χ3n) is 3.20. The lowest BCUT2D eigenvalue weighted by molar-refractivity contribution is 0.0649. The van der Waals surface area contributed by atoms with Crippen molar-refractivity contribution in [2.45, 2.75) is 52.4 Å². The van der Waals surface area contributed by atoms with Gasteiger partial charge in [-0.25, -0.2) is 8.78 Å². The Bertz CT molecular complexity index is 202. The topological polar surface area (TPSA) is 9.23 Å². The molecule has 0 aliphatic heterocycles. The second-order valence-corrected chi connectivity index (χ2v) is 4.54. The highest BCUT2D eigenvalue weighted by Crippen LogP contribution is 2.32. The van der Waals surface area contributed by atoms with Gasteiger partial charge in [0.15, 0.2) is 0 Å². The van der Waals surface area contributed by atoms with Crippen LogP contribution in [-0.4, -0.2) is 19.6 Å². The Balaban J connectivity index is 4.17. The minimum atomic E-state index is -2.69. The lowest BCUT2D eigenvalue weighted by atomic mass is 9.79. The molecule has 0 aromatic carbocycles. The van der Waals surface area contributed by atoms with E-state index in [0.717, 1.165) is 32.3 Å². The zero-order valence-corrected chi connectivity index (χ0v) is 10.9. The van der Waals surface area contributed by atoms with Crippen LogP contribution in [-0.2, 0) is 4.74 Å². The van der Waals surface area contributed by atoms with E-state index in [4.69, 9.17) is 4.74 Å². The van der Waals surface area contributed by atoms with Gasteiger partial charge in [0.2, 0.25) is 0 Å². The molecule has 0 atom stereocenters. The van der Waals surface area contributed by atoms with Crippen molar-refractivity contribution in [2.24, 2.45) is 5.41 Å². The first-order valence-corrected chi connectivity index (χ1v) is 5.93. The minimum absolute atomic E-state index is 0.141. The molecule has 0 aliphatic rings. The predicted molar refractivity (Wildman–Crippen MR) is 63.9 cm³/mol. The molecule has 0 aromatic rings. The third-order valence-corrected chi connectivity index (χ3v) is 3.20. The Labute approximate surface area is 97.9 Å². The molecule has 0 spiro atoms. The first-order valence-electron chi connectivity index (χ1n) is 5.93. The van der Waals surface area contributed by atoms with E-state index in [9.17, 15) is 8.78 Å². The van der Waals surface area contributed by atoms with Gasteiger partial charge in [0.25, 0.3) is 5.92 Å². The summed E-state index contributed by atoms with van der Waals surface area (Å²) in [6.07, 6.45) is 6.20. The summed E-state index contributed by atoms with van der Waals surface area (Å²) in [7, 11) is 1.69. The molecule has 0 saturated heterocycles. The van der Waals surface area contributed by atoms with Crippen molar-refractivity contribution in [3.05, 3.63) is 12.2 Å². The second kappa shape index (κ2) is 7.00. The molecule has 0 heterocycles. The molecule has 0 amide bonds. The van der Waals surface area contributed by atoms with Crippen LogP contribution in [0, 0.1) is 5.41 Å². The Kier molecular flexibility index (Phi) is 6.81. The SMILES string of the molecule is CCC(CC)(CCC=CC(C)(F)F)COC. The van der Waals surface area contributed by atoms with Crippen LogP contribution in [0.4, 0.5) is 8.78 Å². The van der Waals surface area contributed by atoms with Gasteiger partial charge in [-0.05, 0) is 37.2 Å². The summed E-state index contributed by atoms with van der Waals surface area (Å²) in [6, 6.07) is 0. The van der Waals surface area contributed by atoms with Gasteiger partial charge in [-0.3, -0.25) is 0 Å². The van der Waals surface area contributed by atoms with Crippen molar-refractivity contribution in [1.82, 2.24) is 0 Å². The maximum absolute atomic E-state index is 12.5. The van der Waals surface area contributed by atoms with Crippen LogP contribution in [0.1, 0.15) is 46.5 Å². The number of ether oxygens (including phenoxy) is 1. The molecular formula is C13H24F2O. The molecule has 0 aliphatic carbocycles. The Morgan fingerprint density at radius 1 is 1.19 bits per heavy atom. The van der Waals surface area contributed by atoms with Gasteiger partial charge in [0.1, 0.15) is 0 Å². The fourth-order valence-corrected chi connectivity index (χ4v) is 1.87. The highest BCUT2D eigenvalue weighted by Gasteiger charge is 2.25. The van der Waals surface area contributed by atoms with Crippen LogP contribution in [0.25, 0.3) is 0 Å². The van der Waals surface area contributed by atoms with Crippen molar-refractivity contribution in [1.29, 1.82) is 0 Å². The molecule has 0 unspecified atom stereocenters. The smallest absolute Gasteiger partial charge is 0.263 e. The van der Waals surface area contributed by atoms with Crippen molar-refractivity contribution in [3.63, 3.8) is 0 Å². The Morgan fingerprint density at radius 3 is 2.12 bits per heavy atom. The van der Waals surface area contributed by atoms with Gasteiger partial charge in [0.05, 0.1) is 6.61 Å². The van der Waals surface area contributed by atoms with Crippen molar-refractivity contribution in [2.75, 3.05) is 13.7 Å². The second-order valence-electron chi connectivity index (χ2n) is 4.54. The normalized spacial score (nSPS) is 13.6. The number of methoxy groups -OCH3 is 1. The van der Waals surface area contributed by atoms with E-state index in [2.05, 4.69) is 13.8 Å². The Morgan fingerprint density at radius 2 is 1.75 bits per heavy atom. The molecule has 0 saturated carbocycles. The lowest BCUT2D eigenvalue weighted by Crippen LogP contribution is -2.24. The average Bonchev–Trinajstić information content (AvgIpc) is 2.21. The molecule has 0 radical (unpaired) electrons. The van der Waals surface area contributed by atoms with Crippen LogP contribution in [0.3, 0.4) is 0 Å². The van der Waals surface area contributed by atoms with E-state index < -0.39 is 5.92 Å². The summed E-state index contributed by atoms with van der Waals surface area (Å²) in [4.78, 5) is 0. The fourth-order valence-electron chi connectivity index (χ4n) is 1.87. The van der Waals surface area contributed by atoms with E-state index in [-0.39, 0.29) is 5.41 Å². The number of allylic oxidation sites excluding steroid dienone is 2. The first-order chi connectivity index (χ1) is 7.39. The number of hydrogen-bond acceptors (Lipinski definition) is 1. The highest BCUT2D eigenvalue weighted by molar-refractivity contribution is 4.93. The summed E-state index contributed by atoms with van der Waals surface area (Å²) >= 11 is 0. The van der Waals surface area contributed by atoms with Crippen LogP contribution in [0.5, 0.6) is 0 Å². The zero-order chi connectivity index (χ0) is 12.7. The first kappa shape index (κ1) is 15.6. The van der Waals surface area contributed by atoms with Gasteiger partial charge in [-0.2, -0.15) is 0 Å².